The number of hydrogen-bond acceptors (Lipinski definition) is 2. The van der Waals surface area contributed by atoms with Crippen molar-refractivity contribution >= 4 is 15.9 Å². The molecule has 0 amide bonds. The van der Waals surface area contributed by atoms with Gasteiger partial charge in [0.1, 0.15) is 17.4 Å². The van der Waals surface area contributed by atoms with Gasteiger partial charge in [-0.25, -0.2) is 8.78 Å². The van der Waals surface area contributed by atoms with Gasteiger partial charge in [-0.05, 0) is 31.3 Å². The molecule has 1 unspecified atom stereocenters. The van der Waals surface area contributed by atoms with Gasteiger partial charge in [-0.1, -0.05) is 22.0 Å². The molecule has 1 atom stereocenters. The van der Waals surface area contributed by atoms with Crippen LogP contribution >= 0.6 is 15.9 Å². The minimum Gasteiger partial charge on any atom is -0.497 e. The molecule has 0 fully saturated rings. The first-order chi connectivity index (χ1) is 9.56. The van der Waals surface area contributed by atoms with Gasteiger partial charge in [-0.15, -0.1) is 0 Å². The molecule has 1 N–H and O–H groups in total. The summed E-state index contributed by atoms with van der Waals surface area (Å²) in [5.74, 6) is -0.401. The quantitative estimate of drug-likeness (QED) is 0.905. The number of benzene rings is 2. The van der Waals surface area contributed by atoms with Gasteiger partial charge in [-0.3, -0.25) is 0 Å². The third-order valence-corrected chi connectivity index (χ3v) is 3.57. The molecule has 2 rings (SSSR count). The van der Waals surface area contributed by atoms with Crippen LogP contribution in [0.2, 0.25) is 0 Å². The fourth-order valence-electron chi connectivity index (χ4n) is 2.08. The summed E-state index contributed by atoms with van der Waals surface area (Å²) in [6, 6.07) is 8.56. The van der Waals surface area contributed by atoms with E-state index in [0.717, 1.165) is 4.47 Å². The van der Waals surface area contributed by atoms with E-state index in [2.05, 4.69) is 21.2 Å². The first-order valence-corrected chi connectivity index (χ1v) is 6.81. The largest absolute Gasteiger partial charge is 0.497 e. The van der Waals surface area contributed by atoms with E-state index in [0.29, 0.717) is 16.9 Å². The van der Waals surface area contributed by atoms with Crippen LogP contribution in [0.1, 0.15) is 17.2 Å². The maximum absolute atomic E-state index is 14.1. The van der Waals surface area contributed by atoms with Crippen molar-refractivity contribution in [3.05, 3.63) is 63.6 Å². The van der Waals surface area contributed by atoms with Crippen LogP contribution in [-0.4, -0.2) is 14.2 Å². The second kappa shape index (κ2) is 6.33. The highest BCUT2D eigenvalue weighted by Crippen LogP contribution is 2.30. The zero-order valence-electron chi connectivity index (χ0n) is 11.1. The molecule has 0 aliphatic rings. The summed E-state index contributed by atoms with van der Waals surface area (Å²) in [7, 11) is 3.13. The molecular weight excluding hydrogens is 328 g/mol. The summed E-state index contributed by atoms with van der Waals surface area (Å²) in [6.45, 7) is 0. The summed E-state index contributed by atoms with van der Waals surface area (Å²) >= 11 is 3.30. The van der Waals surface area contributed by atoms with Gasteiger partial charge < -0.3 is 10.1 Å². The molecule has 0 bridgehead atoms. The molecule has 0 spiro atoms. The summed E-state index contributed by atoms with van der Waals surface area (Å²) in [6.07, 6.45) is 0. The van der Waals surface area contributed by atoms with Crippen molar-refractivity contribution in [3.63, 3.8) is 0 Å². The van der Waals surface area contributed by atoms with E-state index in [4.69, 9.17) is 4.74 Å². The van der Waals surface area contributed by atoms with Crippen molar-refractivity contribution in [2.45, 2.75) is 6.04 Å². The Kier molecular flexibility index (Phi) is 4.73. The summed E-state index contributed by atoms with van der Waals surface area (Å²) in [5.41, 5.74) is 0.747. The second-order valence-corrected chi connectivity index (χ2v) is 5.19. The van der Waals surface area contributed by atoms with Gasteiger partial charge in [0.05, 0.1) is 13.2 Å². The first-order valence-electron chi connectivity index (χ1n) is 6.02. The number of halogens is 3. The molecular formula is C15H14BrF2NO. The van der Waals surface area contributed by atoms with E-state index in [9.17, 15) is 8.78 Å². The smallest absolute Gasteiger partial charge is 0.132 e. The SMILES string of the molecule is CNC(c1ccc(OC)cc1F)c1cc(Br)ccc1F. The average Bonchev–Trinajstić information content (AvgIpc) is 2.44. The van der Waals surface area contributed by atoms with Crippen LogP contribution in [0.25, 0.3) is 0 Å². The first kappa shape index (κ1) is 14.9. The molecule has 5 heteroatoms. The molecule has 0 aromatic heterocycles. The van der Waals surface area contributed by atoms with Crippen molar-refractivity contribution in [1.29, 1.82) is 0 Å². The van der Waals surface area contributed by atoms with E-state index in [1.165, 1.54) is 19.2 Å². The fourth-order valence-corrected chi connectivity index (χ4v) is 2.46. The molecule has 0 saturated carbocycles. The fraction of sp³-hybridized carbons (Fsp3) is 0.200. The zero-order chi connectivity index (χ0) is 14.7. The summed E-state index contributed by atoms with van der Waals surface area (Å²) in [4.78, 5) is 0. The predicted octanol–water partition coefficient (Wildman–Crippen LogP) is 4.04. The van der Waals surface area contributed by atoms with Crippen molar-refractivity contribution in [2.24, 2.45) is 0 Å². The molecule has 2 nitrogen and oxygen atoms in total. The topological polar surface area (TPSA) is 21.3 Å². The normalized spacial score (nSPS) is 12.2. The van der Waals surface area contributed by atoms with E-state index in [1.54, 1.807) is 31.3 Å². The minimum atomic E-state index is -0.571. The Morgan fingerprint density at radius 1 is 1.05 bits per heavy atom. The Hall–Kier alpha value is -1.46. The van der Waals surface area contributed by atoms with Crippen LogP contribution in [0.15, 0.2) is 40.9 Å². The number of rotatable bonds is 4. The molecule has 0 radical (unpaired) electrons. The van der Waals surface area contributed by atoms with Gasteiger partial charge in [0.15, 0.2) is 0 Å². The lowest BCUT2D eigenvalue weighted by Crippen LogP contribution is -2.20. The van der Waals surface area contributed by atoms with Gasteiger partial charge in [-0.2, -0.15) is 0 Å². The Morgan fingerprint density at radius 2 is 1.80 bits per heavy atom. The highest BCUT2D eigenvalue weighted by molar-refractivity contribution is 9.10. The zero-order valence-corrected chi connectivity index (χ0v) is 12.7. The Balaban J connectivity index is 2.49. The molecule has 0 aliphatic heterocycles. The Morgan fingerprint density at radius 3 is 2.40 bits per heavy atom. The molecule has 2 aromatic carbocycles. The number of nitrogens with one attached hydrogen (secondary N) is 1. The molecule has 0 aliphatic carbocycles. The number of ether oxygens (including phenoxy) is 1. The Bertz CT molecular complexity index is 619. The Labute approximate surface area is 124 Å². The van der Waals surface area contributed by atoms with Gasteiger partial charge in [0, 0.05) is 21.7 Å². The van der Waals surface area contributed by atoms with Crippen molar-refractivity contribution in [1.82, 2.24) is 5.32 Å². The van der Waals surface area contributed by atoms with Crippen molar-refractivity contribution < 1.29 is 13.5 Å². The van der Waals surface area contributed by atoms with E-state index in [1.807, 2.05) is 0 Å². The molecule has 20 heavy (non-hydrogen) atoms. The lowest BCUT2D eigenvalue weighted by atomic mass is 9.97. The van der Waals surface area contributed by atoms with E-state index < -0.39 is 11.9 Å². The molecule has 106 valence electrons. The van der Waals surface area contributed by atoms with Crippen LogP contribution in [0, 0.1) is 11.6 Å². The average molecular weight is 342 g/mol. The predicted molar refractivity (Wildman–Crippen MR) is 78.0 cm³/mol. The van der Waals surface area contributed by atoms with Crippen LogP contribution in [-0.2, 0) is 0 Å². The van der Waals surface area contributed by atoms with Gasteiger partial charge in [0.25, 0.3) is 0 Å². The van der Waals surface area contributed by atoms with Crippen LogP contribution in [0.4, 0.5) is 8.78 Å². The lowest BCUT2D eigenvalue weighted by Gasteiger charge is -2.19. The lowest BCUT2D eigenvalue weighted by molar-refractivity contribution is 0.410. The minimum absolute atomic E-state index is 0.366. The monoisotopic (exact) mass is 341 g/mol. The third kappa shape index (κ3) is 2.99. The maximum atomic E-state index is 14.1. The van der Waals surface area contributed by atoms with Crippen molar-refractivity contribution in [2.75, 3.05) is 14.2 Å². The molecule has 2 aromatic rings. The number of methoxy groups -OCH3 is 1. The summed E-state index contributed by atoms with van der Waals surface area (Å²) in [5, 5.41) is 2.94. The van der Waals surface area contributed by atoms with E-state index >= 15 is 0 Å². The standard InChI is InChI=1S/C15H14BrF2NO/c1-19-15(12-7-9(16)3-6-13(12)17)11-5-4-10(20-2)8-14(11)18/h3-8,15,19H,1-2H3. The summed E-state index contributed by atoms with van der Waals surface area (Å²) < 4.78 is 33.8. The van der Waals surface area contributed by atoms with Gasteiger partial charge in [0.2, 0.25) is 0 Å². The maximum Gasteiger partial charge on any atom is 0.132 e. The molecule has 0 heterocycles. The van der Waals surface area contributed by atoms with Gasteiger partial charge >= 0.3 is 0 Å². The highest BCUT2D eigenvalue weighted by Gasteiger charge is 2.20. The van der Waals surface area contributed by atoms with E-state index in [-0.39, 0.29) is 5.82 Å². The highest BCUT2D eigenvalue weighted by atomic mass is 79.9. The second-order valence-electron chi connectivity index (χ2n) is 4.27. The van der Waals surface area contributed by atoms with Crippen molar-refractivity contribution in [3.8, 4) is 5.75 Å². The van der Waals surface area contributed by atoms with Crippen LogP contribution in [0.3, 0.4) is 0 Å². The van der Waals surface area contributed by atoms with Crippen LogP contribution in [0.5, 0.6) is 5.75 Å². The third-order valence-electron chi connectivity index (χ3n) is 3.08. The molecule has 0 saturated heterocycles. The number of hydrogen-bond donors (Lipinski definition) is 1. The van der Waals surface area contributed by atoms with Crippen LogP contribution < -0.4 is 10.1 Å².